The zero-order chi connectivity index (χ0) is 15.4. The SMILES string of the molecule is CCCC[N+](CC)(CCCC)CCOCc1ccccc1. The van der Waals surface area contributed by atoms with Gasteiger partial charge < -0.3 is 9.22 Å². The van der Waals surface area contributed by atoms with E-state index >= 15 is 0 Å². The van der Waals surface area contributed by atoms with Crippen molar-refractivity contribution < 1.29 is 9.22 Å². The van der Waals surface area contributed by atoms with Crippen molar-refractivity contribution in [1.82, 2.24) is 0 Å². The zero-order valence-electron chi connectivity index (χ0n) is 14.3. The highest BCUT2D eigenvalue weighted by molar-refractivity contribution is 5.13. The monoisotopic (exact) mass is 292 g/mol. The van der Waals surface area contributed by atoms with Gasteiger partial charge in [-0.15, -0.1) is 0 Å². The van der Waals surface area contributed by atoms with E-state index in [1.54, 1.807) is 0 Å². The molecule has 0 fully saturated rings. The maximum absolute atomic E-state index is 5.92. The van der Waals surface area contributed by atoms with E-state index in [1.807, 2.05) is 0 Å². The van der Waals surface area contributed by atoms with E-state index in [-0.39, 0.29) is 0 Å². The Morgan fingerprint density at radius 3 is 2.00 bits per heavy atom. The maximum Gasteiger partial charge on any atom is 0.102 e. The van der Waals surface area contributed by atoms with Gasteiger partial charge in [0, 0.05) is 0 Å². The summed E-state index contributed by atoms with van der Waals surface area (Å²) in [7, 11) is 0. The lowest BCUT2D eigenvalue weighted by atomic mass is 10.2. The second-order valence-electron chi connectivity index (χ2n) is 6.07. The molecule has 0 N–H and O–H groups in total. The molecule has 2 heteroatoms. The van der Waals surface area contributed by atoms with Crippen LogP contribution < -0.4 is 0 Å². The van der Waals surface area contributed by atoms with Crippen molar-refractivity contribution in [3.8, 4) is 0 Å². The predicted octanol–water partition coefficient (Wildman–Crippen LogP) is 4.64. The van der Waals surface area contributed by atoms with Crippen molar-refractivity contribution >= 4 is 0 Å². The molecule has 0 amide bonds. The van der Waals surface area contributed by atoms with Crippen LogP contribution in [-0.2, 0) is 11.3 Å². The predicted molar refractivity (Wildman–Crippen MR) is 91.3 cm³/mol. The molecular weight excluding hydrogens is 258 g/mol. The molecular formula is C19H34NO+. The van der Waals surface area contributed by atoms with Gasteiger partial charge in [0.15, 0.2) is 0 Å². The summed E-state index contributed by atoms with van der Waals surface area (Å²) in [5.74, 6) is 0. The van der Waals surface area contributed by atoms with Crippen molar-refractivity contribution in [3.63, 3.8) is 0 Å². The highest BCUT2D eigenvalue weighted by Crippen LogP contribution is 2.12. The van der Waals surface area contributed by atoms with E-state index < -0.39 is 0 Å². The first-order chi connectivity index (χ1) is 10.3. The van der Waals surface area contributed by atoms with Crippen molar-refractivity contribution in [1.29, 1.82) is 0 Å². The van der Waals surface area contributed by atoms with E-state index in [4.69, 9.17) is 4.74 Å². The van der Waals surface area contributed by atoms with Gasteiger partial charge in [-0.2, -0.15) is 0 Å². The number of nitrogens with zero attached hydrogens (tertiary/aromatic N) is 1. The topological polar surface area (TPSA) is 9.23 Å². The average molecular weight is 292 g/mol. The van der Waals surface area contributed by atoms with Crippen LogP contribution in [0.25, 0.3) is 0 Å². The van der Waals surface area contributed by atoms with Crippen LogP contribution in [0, 0.1) is 0 Å². The van der Waals surface area contributed by atoms with E-state index in [1.165, 1.54) is 55.4 Å². The summed E-state index contributed by atoms with van der Waals surface area (Å²) in [6.07, 6.45) is 5.24. The minimum atomic E-state index is 0.742. The number of benzene rings is 1. The van der Waals surface area contributed by atoms with E-state index in [0.717, 1.165) is 19.8 Å². The lowest BCUT2D eigenvalue weighted by molar-refractivity contribution is -0.927. The van der Waals surface area contributed by atoms with Gasteiger partial charge >= 0.3 is 0 Å². The first-order valence-corrected chi connectivity index (χ1v) is 8.73. The summed E-state index contributed by atoms with van der Waals surface area (Å²) in [6.45, 7) is 13.5. The molecule has 0 radical (unpaired) electrons. The smallest absolute Gasteiger partial charge is 0.102 e. The minimum absolute atomic E-state index is 0.742. The highest BCUT2D eigenvalue weighted by atomic mass is 16.5. The van der Waals surface area contributed by atoms with E-state index in [9.17, 15) is 0 Å². The van der Waals surface area contributed by atoms with Gasteiger partial charge in [-0.05, 0) is 25.3 Å². The second-order valence-corrected chi connectivity index (χ2v) is 6.07. The number of quaternary nitrogens is 1. The molecule has 21 heavy (non-hydrogen) atoms. The molecule has 0 saturated heterocycles. The molecule has 0 spiro atoms. The molecule has 0 aliphatic heterocycles. The Balaban J connectivity index is 2.40. The van der Waals surface area contributed by atoms with Crippen LogP contribution in [0.3, 0.4) is 0 Å². The Morgan fingerprint density at radius 1 is 0.857 bits per heavy atom. The quantitative estimate of drug-likeness (QED) is 0.403. The second kappa shape index (κ2) is 10.8. The van der Waals surface area contributed by atoms with Gasteiger partial charge in [0.1, 0.15) is 6.54 Å². The summed E-state index contributed by atoms with van der Waals surface area (Å²) in [5.41, 5.74) is 1.27. The first-order valence-electron chi connectivity index (χ1n) is 8.73. The molecule has 1 aromatic carbocycles. The summed E-state index contributed by atoms with van der Waals surface area (Å²) in [5, 5.41) is 0. The van der Waals surface area contributed by atoms with Gasteiger partial charge in [0.25, 0.3) is 0 Å². The molecule has 120 valence electrons. The highest BCUT2D eigenvalue weighted by Gasteiger charge is 2.23. The number of hydrogen-bond acceptors (Lipinski definition) is 1. The normalized spacial score (nSPS) is 11.8. The largest absolute Gasteiger partial charge is 0.371 e. The summed E-state index contributed by atoms with van der Waals surface area (Å²) >= 11 is 0. The molecule has 0 aromatic heterocycles. The molecule has 0 bridgehead atoms. The Morgan fingerprint density at radius 2 is 1.48 bits per heavy atom. The Labute approximate surface area is 131 Å². The number of likely N-dealkylation sites (N-methyl/N-ethyl adjacent to an activating group) is 1. The summed E-state index contributed by atoms with van der Waals surface area (Å²) in [4.78, 5) is 0. The van der Waals surface area contributed by atoms with Crippen LogP contribution in [0.4, 0.5) is 0 Å². The Kier molecular flexibility index (Phi) is 9.36. The molecule has 2 nitrogen and oxygen atoms in total. The van der Waals surface area contributed by atoms with Crippen LogP contribution in [0.2, 0.25) is 0 Å². The summed E-state index contributed by atoms with van der Waals surface area (Å²) < 4.78 is 7.15. The van der Waals surface area contributed by atoms with Gasteiger partial charge in [0.2, 0.25) is 0 Å². The third-order valence-corrected chi connectivity index (χ3v) is 4.46. The lowest BCUT2D eigenvalue weighted by Crippen LogP contribution is -2.51. The van der Waals surface area contributed by atoms with Crippen LogP contribution in [-0.4, -0.2) is 37.3 Å². The fourth-order valence-electron chi connectivity index (χ4n) is 2.82. The fraction of sp³-hybridized carbons (Fsp3) is 0.684. The third kappa shape index (κ3) is 7.10. The molecule has 1 rings (SSSR count). The maximum atomic E-state index is 5.92. The van der Waals surface area contributed by atoms with Crippen molar-refractivity contribution in [2.75, 3.05) is 32.8 Å². The van der Waals surface area contributed by atoms with E-state index in [2.05, 4.69) is 51.1 Å². The van der Waals surface area contributed by atoms with Crippen LogP contribution in [0.5, 0.6) is 0 Å². The van der Waals surface area contributed by atoms with Crippen molar-refractivity contribution in [2.45, 2.75) is 53.1 Å². The fourth-order valence-corrected chi connectivity index (χ4v) is 2.82. The number of rotatable bonds is 12. The Hall–Kier alpha value is -0.860. The van der Waals surface area contributed by atoms with Gasteiger partial charge in [-0.25, -0.2) is 0 Å². The zero-order valence-corrected chi connectivity index (χ0v) is 14.3. The number of unbranched alkanes of at least 4 members (excludes halogenated alkanes) is 2. The van der Waals surface area contributed by atoms with Crippen LogP contribution >= 0.6 is 0 Å². The molecule has 0 unspecified atom stereocenters. The molecule has 1 aromatic rings. The minimum Gasteiger partial charge on any atom is -0.371 e. The molecule has 0 heterocycles. The van der Waals surface area contributed by atoms with Crippen molar-refractivity contribution in [2.24, 2.45) is 0 Å². The number of hydrogen-bond donors (Lipinski definition) is 0. The standard InChI is InChI=1S/C19H34NO/c1-4-7-14-20(6-3,15-8-5-2)16-17-21-18-19-12-10-9-11-13-19/h9-13H,4-8,14-18H2,1-3H3/q+1. The van der Waals surface area contributed by atoms with Gasteiger partial charge in [0.05, 0.1) is 32.8 Å². The summed E-state index contributed by atoms with van der Waals surface area (Å²) in [6, 6.07) is 10.5. The molecule has 0 aliphatic rings. The van der Waals surface area contributed by atoms with E-state index in [0.29, 0.717) is 0 Å². The number of ether oxygens (including phenoxy) is 1. The first kappa shape index (κ1) is 18.2. The van der Waals surface area contributed by atoms with Gasteiger partial charge in [-0.1, -0.05) is 57.0 Å². The average Bonchev–Trinajstić information content (AvgIpc) is 2.54. The van der Waals surface area contributed by atoms with Crippen LogP contribution in [0.15, 0.2) is 30.3 Å². The molecule has 0 aliphatic carbocycles. The third-order valence-electron chi connectivity index (χ3n) is 4.46. The van der Waals surface area contributed by atoms with Crippen LogP contribution in [0.1, 0.15) is 52.0 Å². The molecule has 0 atom stereocenters. The Bertz CT molecular complexity index is 342. The van der Waals surface area contributed by atoms with Crippen molar-refractivity contribution in [3.05, 3.63) is 35.9 Å². The molecule has 0 saturated carbocycles. The van der Waals surface area contributed by atoms with Gasteiger partial charge in [-0.3, -0.25) is 0 Å². The lowest BCUT2D eigenvalue weighted by Gasteiger charge is -2.38.